The summed E-state index contributed by atoms with van der Waals surface area (Å²) in [5, 5.41) is 11.3. The van der Waals surface area contributed by atoms with Crippen LogP contribution in [0.15, 0.2) is 0 Å². The minimum atomic E-state index is -0.940. The summed E-state index contributed by atoms with van der Waals surface area (Å²) in [7, 11) is 0. The first-order valence-electron chi connectivity index (χ1n) is 0.966. The fourth-order valence-electron chi connectivity index (χ4n) is 0. The molecule has 0 aliphatic carbocycles. The molecule has 3 nitrogen and oxygen atoms in total. The Balaban J connectivity index is 2.85. The second-order valence-electron chi connectivity index (χ2n) is 0.449. The Morgan fingerprint density at radius 2 is 2.20 bits per heavy atom. The fraction of sp³-hybridized carbons (Fsp3) is 0. The van der Waals surface area contributed by atoms with Crippen molar-refractivity contribution in [2.45, 2.75) is 0 Å². The number of hydrogen-bond donors (Lipinski definition) is 2. The molecule has 32 valence electrons. The summed E-state index contributed by atoms with van der Waals surface area (Å²) in [6.45, 7) is 0. The van der Waals surface area contributed by atoms with Crippen LogP contribution in [0.2, 0.25) is 0 Å². The van der Waals surface area contributed by atoms with E-state index in [0.717, 1.165) is 0 Å². The topological polar surface area (TPSA) is 63.3 Å². The molecule has 0 aromatic carbocycles. The van der Waals surface area contributed by atoms with Gasteiger partial charge in [0, 0.05) is 0 Å². The van der Waals surface area contributed by atoms with E-state index in [9.17, 15) is 4.79 Å². The maximum absolute atomic E-state index is 9.26. The lowest BCUT2D eigenvalue weighted by molar-refractivity contribution is 0.222. The average molecular weight is 95.1 g/mol. The van der Waals surface area contributed by atoms with Crippen molar-refractivity contribution in [3.05, 3.63) is 0 Å². The molecule has 0 spiro atoms. The first-order valence-corrected chi connectivity index (χ1v) is 2.04. The molecule has 0 fully saturated rings. The van der Waals surface area contributed by atoms with Gasteiger partial charge in [0.2, 0.25) is 0 Å². The van der Waals surface area contributed by atoms with Crippen LogP contribution in [0.5, 0.6) is 0 Å². The molecule has 0 aliphatic heterocycles. The van der Waals surface area contributed by atoms with E-state index in [4.69, 9.17) is 5.11 Å². The lowest BCUT2D eigenvalue weighted by Gasteiger charge is -1.77. The van der Waals surface area contributed by atoms with E-state index in [-0.39, 0.29) is 0 Å². The van der Waals surface area contributed by atoms with Gasteiger partial charge in [-0.25, -0.2) is 4.79 Å². The average Bonchev–Trinajstić information content (AvgIpc) is 1.38. The zero-order valence-corrected chi connectivity index (χ0v) is 3.43. The van der Waals surface area contributed by atoms with Crippen molar-refractivity contribution in [2.75, 3.05) is 0 Å². The summed E-state index contributed by atoms with van der Waals surface area (Å²) < 4.78 is 0. The van der Waals surface area contributed by atoms with Gasteiger partial charge in [0.25, 0.3) is 0 Å². The van der Waals surface area contributed by atoms with Crippen LogP contribution >= 0.6 is 11.9 Å². The number of hydrogen-bond acceptors (Lipinski definition) is 2. The second-order valence-corrected chi connectivity index (χ2v) is 1.17. The predicted octanol–water partition coefficient (Wildman–Crippen LogP) is -0.264. The smallest absolute Gasteiger partial charge is 0.353 e. The lowest BCUT2D eigenvalue weighted by Crippen LogP contribution is -1.87. The summed E-state index contributed by atoms with van der Waals surface area (Å²) >= 11 is -0.469. The maximum atomic E-state index is 9.26. The number of carboxylic acid groups (broad SMARTS) is 1. The molecule has 0 atom stereocenters. The number of nitrogens with two attached hydrogens (primary N) is 1. The molecule has 0 saturated heterocycles. The van der Waals surface area contributed by atoms with E-state index in [2.05, 4.69) is 5.14 Å². The molecule has 3 N–H and O–H groups in total. The van der Waals surface area contributed by atoms with Gasteiger partial charge in [-0.1, -0.05) is 0 Å². The molecule has 0 unspecified atom stereocenters. The molecular formula is CH5NO2S. The van der Waals surface area contributed by atoms with Gasteiger partial charge in [-0.15, -0.1) is 11.9 Å². The largest absolute Gasteiger partial charge is 0.474 e. The van der Waals surface area contributed by atoms with E-state index < -0.39 is 17.2 Å². The quantitative estimate of drug-likeness (QED) is 0.435. The van der Waals surface area contributed by atoms with E-state index >= 15 is 0 Å². The summed E-state index contributed by atoms with van der Waals surface area (Å²) in [5.74, 6) is 0. The van der Waals surface area contributed by atoms with Crippen LogP contribution in [0.4, 0.5) is 4.79 Å². The van der Waals surface area contributed by atoms with Gasteiger partial charge in [-0.2, -0.15) is 0 Å². The van der Waals surface area contributed by atoms with Crippen LogP contribution in [-0.2, 0) is 0 Å². The summed E-state index contributed by atoms with van der Waals surface area (Å²) in [6, 6.07) is 0. The third kappa shape index (κ3) is 3.78. The van der Waals surface area contributed by atoms with Crippen molar-refractivity contribution in [3.8, 4) is 0 Å². The Hall–Kier alpha value is -0.220. The normalized spacial score (nSPS) is 11.4. The highest BCUT2D eigenvalue weighted by Gasteiger charge is 1.77. The molecule has 0 rings (SSSR count). The Kier molecular flexibility index (Phi) is 1.95. The highest BCUT2D eigenvalue weighted by Crippen LogP contribution is 1.81. The van der Waals surface area contributed by atoms with Crippen LogP contribution in [0.3, 0.4) is 0 Å². The van der Waals surface area contributed by atoms with Crippen molar-refractivity contribution >= 4 is 17.2 Å². The maximum Gasteiger partial charge on any atom is 0.353 e. The molecule has 0 radical (unpaired) electrons. The molecule has 0 aromatic rings. The molecular weight excluding hydrogens is 90.1 g/mol. The molecule has 0 aromatic heterocycles. The molecule has 0 saturated carbocycles. The summed E-state index contributed by atoms with van der Waals surface area (Å²) in [5.41, 5.74) is 0. The molecule has 4 heteroatoms. The standard InChI is InChI=1S/CH5NO2S/c2-5-1(3)4/h2,5H2,(H,3,4). The summed E-state index contributed by atoms with van der Waals surface area (Å²) in [6.07, 6.45) is 0. The zero-order chi connectivity index (χ0) is 4.28. The minimum Gasteiger partial charge on any atom is -0.474 e. The Morgan fingerprint density at radius 1 is 2.00 bits per heavy atom. The van der Waals surface area contributed by atoms with Gasteiger partial charge in [-0.3, -0.25) is 5.14 Å². The number of carbonyl (C=O) groups is 1. The molecule has 0 aliphatic rings. The third-order valence-electron chi connectivity index (χ3n) is 0.123. The van der Waals surface area contributed by atoms with E-state index in [1.807, 2.05) is 0 Å². The van der Waals surface area contributed by atoms with E-state index in [1.165, 1.54) is 0 Å². The van der Waals surface area contributed by atoms with Crippen LogP contribution in [0, 0.1) is 0 Å². The van der Waals surface area contributed by atoms with Gasteiger partial charge in [0.1, 0.15) is 0 Å². The first kappa shape index (κ1) is 4.78. The molecule has 0 heterocycles. The van der Waals surface area contributed by atoms with Gasteiger partial charge in [0.15, 0.2) is 0 Å². The summed E-state index contributed by atoms with van der Waals surface area (Å²) in [4.78, 5) is 9.26. The second kappa shape index (κ2) is 2.04. The van der Waals surface area contributed by atoms with Gasteiger partial charge in [-0.05, 0) is 0 Å². The zero-order valence-electron chi connectivity index (χ0n) is 2.43. The van der Waals surface area contributed by atoms with Crippen LogP contribution < -0.4 is 5.14 Å². The monoisotopic (exact) mass is 95.0 g/mol. The Morgan fingerprint density at radius 3 is 2.20 bits per heavy atom. The van der Waals surface area contributed by atoms with Crippen molar-refractivity contribution < 1.29 is 9.90 Å². The van der Waals surface area contributed by atoms with Crippen molar-refractivity contribution in [2.24, 2.45) is 5.14 Å². The Labute approximate surface area is 33.3 Å². The van der Waals surface area contributed by atoms with Crippen molar-refractivity contribution in [1.29, 1.82) is 0 Å². The van der Waals surface area contributed by atoms with Crippen molar-refractivity contribution in [3.63, 3.8) is 0 Å². The number of rotatable bonds is 0. The SMILES string of the molecule is N[SH2]C(=O)O. The third-order valence-corrected chi connectivity index (χ3v) is 0.370. The highest BCUT2D eigenvalue weighted by atomic mass is 32.2. The molecule has 5 heavy (non-hydrogen) atoms. The Bertz CT molecular complexity index is 44.9. The highest BCUT2D eigenvalue weighted by molar-refractivity contribution is 8.11. The van der Waals surface area contributed by atoms with Gasteiger partial charge in [0.05, 0.1) is 0 Å². The van der Waals surface area contributed by atoms with Crippen molar-refractivity contribution in [1.82, 2.24) is 0 Å². The van der Waals surface area contributed by atoms with Crippen LogP contribution in [-0.4, -0.2) is 10.4 Å². The minimum absolute atomic E-state index is 0.469. The molecule has 0 amide bonds. The van der Waals surface area contributed by atoms with E-state index in [0.29, 0.717) is 0 Å². The van der Waals surface area contributed by atoms with Crippen LogP contribution in [0.1, 0.15) is 0 Å². The lowest BCUT2D eigenvalue weighted by atomic mass is 11.6. The fourth-order valence-corrected chi connectivity index (χ4v) is 0. The van der Waals surface area contributed by atoms with Gasteiger partial charge >= 0.3 is 5.30 Å². The van der Waals surface area contributed by atoms with E-state index in [1.54, 1.807) is 0 Å². The first-order chi connectivity index (χ1) is 2.27. The predicted molar refractivity (Wildman–Crippen MR) is 22.6 cm³/mol. The van der Waals surface area contributed by atoms with Crippen LogP contribution in [0.25, 0.3) is 0 Å². The van der Waals surface area contributed by atoms with Gasteiger partial charge < -0.3 is 5.11 Å². The molecule has 0 bridgehead atoms.